The molecule has 0 fully saturated rings. The van der Waals surface area contributed by atoms with E-state index >= 15 is 0 Å². The molecule has 3 nitrogen and oxygen atoms in total. The zero-order valence-electron chi connectivity index (χ0n) is 13.3. The van der Waals surface area contributed by atoms with Crippen molar-refractivity contribution in [3.05, 3.63) is 0 Å². The normalized spacial score (nSPS) is 16.2. The van der Waals surface area contributed by atoms with Crippen LogP contribution in [0, 0.1) is 16.7 Å². The fourth-order valence-electron chi connectivity index (χ4n) is 2.32. The van der Waals surface area contributed by atoms with Crippen LogP contribution in [0.5, 0.6) is 0 Å². The van der Waals surface area contributed by atoms with E-state index in [1.807, 2.05) is 0 Å². The third-order valence-electron chi connectivity index (χ3n) is 3.11. The molecule has 0 aromatic heterocycles. The number of hydrogen-bond donors (Lipinski definition) is 2. The van der Waals surface area contributed by atoms with Crippen LogP contribution in [0.15, 0.2) is 0 Å². The average molecular weight is 256 g/mol. The van der Waals surface area contributed by atoms with E-state index in [2.05, 4.69) is 53.8 Å². The molecule has 0 aliphatic heterocycles. The lowest BCUT2D eigenvalue weighted by Gasteiger charge is -2.31. The van der Waals surface area contributed by atoms with Gasteiger partial charge in [-0.25, -0.2) is 0 Å². The summed E-state index contributed by atoms with van der Waals surface area (Å²) >= 11 is 0. The molecule has 0 aromatic rings. The molecule has 2 unspecified atom stereocenters. The molecule has 0 spiro atoms. The third-order valence-corrected chi connectivity index (χ3v) is 3.11. The molecule has 0 bridgehead atoms. The highest BCUT2D eigenvalue weighted by Crippen LogP contribution is 2.26. The number of carbonyl (C=O) groups excluding carboxylic acids is 1. The fourth-order valence-corrected chi connectivity index (χ4v) is 2.32. The standard InChI is InChI=1S/C15H32N2O/c1-11(9-14(2,3)4)8-13(18)17-12(10-16)15(5,6)7/h11-12H,8-10,16H2,1-7H3,(H,17,18). The van der Waals surface area contributed by atoms with Crippen LogP contribution in [0.25, 0.3) is 0 Å². The summed E-state index contributed by atoms with van der Waals surface area (Å²) in [6, 6.07) is 0.0480. The Morgan fingerprint density at radius 1 is 1.17 bits per heavy atom. The third kappa shape index (κ3) is 7.70. The number of nitrogens with two attached hydrogens (primary N) is 1. The summed E-state index contributed by atoms with van der Waals surface area (Å²) < 4.78 is 0. The molecule has 3 heteroatoms. The van der Waals surface area contributed by atoms with Crippen molar-refractivity contribution in [2.45, 2.75) is 67.3 Å². The molecule has 0 aliphatic carbocycles. The summed E-state index contributed by atoms with van der Waals surface area (Å²) in [5.74, 6) is 0.528. The Labute approximate surface area is 113 Å². The van der Waals surface area contributed by atoms with E-state index in [1.54, 1.807) is 0 Å². The van der Waals surface area contributed by atoms with Crippen molar-refractivity contribution in [3.8, 4) is 0 Å². The zero-order chi connectivity index (χ0) is 14.6. The van der Waals surface area contributed by atoms with Crippen molar-refractivity contribution in [2.75, 3.05) is 6.54 Å². The van der Waals surface area contributed by atoms with E-state index in [4.69, 9.17) is 5.73 Å². The highest BCUT2D eigenvalue weighted by atomic mass is 16.1. The topological polar surface area (TPSA) is 55.1 Å². The Morgan fingerprint density at radius 2 is 1.67 bits per heavy atom. The number of nitrogens with one attached hydrogen (secondary N) is 1. The average Bonchev–Trinajstić information content (AvgIpc) is 2.08. The summed E-state index contributed by atoms with van der Waals surface area (Å²) in [5.41, 5.74) is 6.01. The Bertz CT molecular complexity index is 261. The highest BCUT2D eigenvalue weighted by Gasteiger charge is 2.25. The van der Waals surface area contributed by atoms with E-state index in [0.717, 1.165) is 6.42 Å². The molecule has 0 heterocycles. The van der Waals surface area contributed by atoms with E-state index in [0.29, 0.717) is 18.9 Å². The molecule has 2 atom stereocenters. The van der Waals surface area contributed by atoms with Gasteiger partial charge >= 0.3 is 0 Å². The molecule has 18 heavy (non-hydrogen) atoms. The molecule has 0 saturated heterocycles. The largest absolute Gasteiger partial charge is 0.352 e. The quantitative estimate of drug-likeness (QED) is 0.794. The van der Waals surface area contributed by atoms with Crippen LogP contribution in [0.3, 0.4) is 0 Å². The maximum absolute atomic E-state index is 12.0. The summed E-state index contributed by atoms with van der Waals surface area (Å²) in [6.07, 6.45) is 1.65. The van der Waals surface area contributed by atoms with E-state index in [-0.39, 0.29) is 22.8 Å². The van der Waals surface area contributed by atoms with Gasteiger partial charge in [-0.2, -0.15) is 0 Å². The highest BCUT2D eigenvalue weighted by molar-refractivity contribution is 5.76. The van der Waals surface area contributed by atoms with Crippen LogP contribution in [0.1, 0.15) is 61.3 Å². The van der Waals surface area contributed by atoms with Crippen LogP contribution in [-0.2, 0) is 4.79 Å². The zero-order valence-corrected chi connectivity index (χ0v) is 13.3. The molecule has 0 radical (unpaired) electrons. The van der Waals surface area contributed by atoms with Crippen LogP contribution in [0.4, 0.5) is 0 Å². The molecule has 108 valence electrons. The van der Waals surface area contributed by atoms with Gasteiger partial charge in [0.25, 0.3) is 0 Å². The monoisotopic (exact) mass is 256 g/mol. The lowest BCUT2D eigenvalue weighted by molar-refractivity contribution is -0.123. The van der Waals surface area contributed by atoms with Gasteiger partial charge in [0.15, 0.2) is 0 Å². The van der Waals surface area contributed by atoms with Crippen LogP contribution < -0.4 is 11.1 Å². The van der Waals surface area contributed by atoms with Gasteiger partial charge in [-0.3, -0.25) is 4.79 Å². The second-order valence-corrected chi connectivity index (χ2v) is 7.80. The van der Waals surface area contributed by atoms with Crippen LogP contribution in [-0.4, -0.2) is 18.5 Å². The predicted octanol–water partition coefficient (Wildman–Crippen LogP) is 2.94. The number of rotatable bonds is 5. The number of carbonyl (C=O) groups is 1. The SMILES string of the molecule is CC(CC(=O)NC(CN)C(C)(C)C)CC(C)(C)C. The smallest absolute Gasteiger partial charge is 0.220 e. The molecule has 3 N–H and O–H groups in total. The molecular weight excluding hydrogens is 224 g/mol. The van der Waals surface area contributed by atoms with Gasteiger partial charge in [-0.1, -0.05) is 48.5 Å². The van der Waals surface area contributed by atoms with Crippen molar-refractivity contribution >= 4 is 5.91 Å². The summed E-state index contributed by atoms with van der Waals surface area (Å²) in [6.45, 7) is 15.6. The first-order chi connectivity index (χ1) is 7.95. The van der Waals surface area contributed by atoms with Crippen LogP contribution in [0.2, 0.25) is 0 Å². The minimum Gasteiger partial charge on any atom is -0.352 e. The molecule has 0 rings (SSSR count). The fraction of sp³-hybridized carbons (Fsp3) is 0.933. The summed E-state index contributed by atoms with van der Waals surface area (Å²) in [4.78, 5) is 12.0. The van der Waals surface area contributed by atoms with E-state index in [9.17, 15) is 4.79 Å². The van der Waals surface area contributed by atoms with E-state index in [1.165, 1.54) is 0 Å². The first-order valence-electron chi connectivity index (χ1n) is 6.95. The van der Waals surface area contributed by atoms with Crippen molar-refractivity contribution < 1.29 is 4.79 Å². The molecule has 0 saturated carbocycles. The minimum absolute atomic E-state index is 0.0116. The number of hydrogen-bond acceptors (Lipinski definition) is 2. The van der Waals surface area contributed by atoms with Gasteiger partial charge in [0.2, 0.25) is 5.91 Å². The summed E-state index contributed by atoms with van der Waals surface area (Å²) in [5, 5.41) is 3.06. The maximum atomic E-state index is 12.0. The van der Waals surface area contributed by atoms with Crippen LogP contribution >= 0.6 is 0 Å². The second kappa shape index (κ2) is 6.55. The van der Waals surface area contributed by atoms with Crippen molar-refractivity contribution in [3.63, 3.8) is 0 Å². The predicted molar refractivity (Wildman–Crippen MR) is 78.3 cm³/mol. The summed E-state index contributed by atoms with van der Waals surface area (Å²) in [7, 11) is 0. The number of amides is 1. The Kier molecular flexibility index (Phi) is 6.35. The lowest BCUT2D eigenvalue weighted by atomic mass is 9.83. The van der Waals surface area contributed by atoms with Gasteiger partial charge in [0.05, 0.1) is 0 Å². The van der Waals surface area contributed by atoms with Crippen molar-refractivity contribution in [2.24, 2.45) is 22.5 Å². The first-order valence-corrected chi connectivity index (χ1v) is 6.95. The van der Waals surface area contributed by atoms with Gasteiger partial charge < -0.3 is 11.1 Å². The Balaban J connectivity index is 4.26. The van der Waals surface area contributed by atoms with Crippen molar-refractivity contribution in [1.29, 1.82) is 0 Å². The Morgan fingerprint density at radius 3 is 2.00 bits per heavy atom. The first kappa shape index (κ1) is 17.4. The van der Waals surface area contributed by atoms with Gasteiger partial charge in [-0.15, -0.1) is 0 Å². The van der Waals surface area contributed by atoms with Crippen molar-refractivity contribution in [1.82, 2.24) is 5.32 Å². The molecule has 0 aliphatic rings. The maximum Gasteiger partial charge on any atom is 0.220 e. The molecular formula is C15H32N2O. The van der Waals surface area contributed by atoms with E-state index < -0.39 is 0 Å². The van der Waals surface area contributed by atoms with Gasteiger partial charge in [-0.05, 0) is 23.2 Å². The minimum atomic E-state index is 0.0116. The lowest BCUT2D eigenvalue weighted by Crippen LogP contribution is -2.48. The van der Waals surface area contributed by atoms with Gasteiger partial charge in [0, 0.05) is 19.0 Å². The van der Waals surface area contributed by atoms with Gasteiger partial charge in [0.1, 0.15) is 0 Å². The Hall–Kier alpha value is -0.570. The molecule has 0 aromatic carbocycles. The second-order valence-electron chi connectivity index (χ2n) is 7.80. The molecule has 1 amide bonds.